The van der Waals surface area contributed by atoms with Crippen LogP contribution in [-0.4, -0.2) is 43.8 Å². The van der Waals surface area contributed by atoms with E-state index in [1.54, 1.807) is 0 Å². The predicted molar refractivity (Wildman–Crippen MR) is 44.9 cm³/mol. The van der Waals surface area contributed by atoms with E-state index in [1.807, 2.05) is 6.92 Å². The zero-order valence-corrected chi connectivity index (χ0v) is 7.51. The molecule has 4 nitrogen and oxygen atoms in total. The van der Waals surface area contributed by atoms with Crippen molar-refractivity contribution >= 4 is 0 Å². The van der Waals surface area contributed by atoms with Gasteiger partial charge in [-0.15, -0.1) is 0 Å². The van der Waals surface area contributed by atoms with Crippen molar-refractivity contribution in [2.75, 3.05) is 32.9 Å². The summed E-state index contributed by atoms with van der Waals surface area (Å²) in [5, 5.41) is 12.0. The quantitative estimate of drug-likeness (QED) is 0.617. The Bertz CT molecular complexity index is 108. The third-order valence-corrected chi connectivity index (χ3v) is 1.94. The normalized spacial score (nSPS) is 30.5. The summed E-state index contributed by atoms with van der Waals surface area (Å²) in [5.41, 5.74) is 0. The number of hydrogen-bond acceptors (Lipinski definition) is 4. The molecule has 0 aromatic heterocycles. The molecule has 1 rings (SSSR count). The second-order valence-corrected chi connectivity index (χ2v) is 2.84. The Labute approximate surface area is 72.9 Å². The summed E-state index contributed by atoms with van der Waals surface area (Å²) in [5.74, 6) is -0.582. The third kappa shape index (κ3) is 2.42. The van der Waals surface area contributed by atoms with Gasteiger partial charge < -0.3 is 19.9 Å². The van der Waals surface area contributed by atoms with Crippen molar-refractivity contribution in [1.82, 2.24) is 5.32 Å². The van der Waals surface area contributed by atoms with Gasteiger partial charge in [-0.2, -0.15) is 0 Å². The van der Waals surface area contributed by atoms with Gasteiger partial charge >= 0.3 is 0 Å². The minimum Gasteiger partial charge on any atom is -0.396 e. The first kappa shape index (κ1) is 9.92. The maximum Gasteiger partial charge on any atom is 0.182 e. The molecule has 0 aliphatic carbocycles. The van der Waals surface area contributed by atoms with E-state index in [9.17, 15) is 0 Å². The lowest BCUT2D eigenvalue weighted by molar-refractivity contribution is -0.250. The molecule has 0 spiro atoms. The summed E-state index contributed by atoms with van der Waals surface area (Å²) in [4.78, 5) is 0. The van der Waals surface area contributed by atoms with Gasteiger partial charge in [-0.3, -0.25) is 0 Å². The van der Waals surface area contributed by atoms with Crippen LogP contribution in [0.25, 0.3) is 0 Å². The van der Waals surface area contributed by atoms with Crippen LogP contribution in [-0.2, 0) is 9.47 Å². The first-order chi connectivity index (χ1) is 5.83. The van der Waals surface area contributed by atoms with Crippen molar-refractivity contribution in [3.63, 3.8) is 0 Å². The highest BCUT2D eigenvalue weighted by molar-refractivity contribution is 4.76. The molecule has 0 aromatic rings. The lowest BCUT2D eigenvalue weighted by atomic mass is 10.1. The van der Waals surface area contributed by atoms with E-state index in [0.29, 0.717) is 26.2 Å². The van der Waals surface area contributed by atoms with Crippen LogP contribution in [0.2, 0.25) is 0 Å². The molecular formula is C8H17NO3. The molecule has 1 atom stereocenters. The zero-order valence-electron chi connectivity index (χ0n) is 7.51. The predicted octanol–water partition coefficient (Wildman–Crippen LogP) is -0.279. The third-order valence-electron chi connectivity index (χ3n) is 1.94. The maximum atomic E-state index is 8.82. The number of ether oxygens (including phenoxy) is 2. The van der Waals surface area contributed by atoms with Crippen LogP contribution in [0.3, 0.4) is 0 Å². The molecule has 4 heteroatoms. The number of morpholine rings is 1. The molecule has 1 unspecified atom stereocenters. The van der Waals surface area contributed by atoms with Crippen LogP contribution in [0.5, 0.6) is 0 Å². The minimum atomic E-state index is -0.582. The van der Waals surface area contributed by atoms with E-state index >= 15 is 0 Å². The Morgan fingerprint density at radius 3 is 3.00 bits per heavy atom. The van der Waals surface area contributed by atoms with Crippen LogP contribution in [0.1, 0.15) is 13.3 Å². The van der Waals surface area contributed by atoms with Crippen molar-refractivity contribution in [2.45, 2.75) is 19.1 Å². The van der Waals surface area contributed by atoms with Crippen molar-refractivity contribution < 1.29 is 14.6 Å². The number of rotatable bonds is 4. The molecule has 1 aliphatic heterocycles. The molecular weight excluding hydrogens is 158 g/mol. The molecule has 0 bridgehead atoms. The van der Waals surface area contributed by atoms with E-state index in [-0.39, 0.29) is 6.61 Å². The summed E-state index contributed by atoms with van der Waals surface area (Å²) in [7, 11) is 0. The Morgan fingerprint density at radius 1 is 1.67 bits per heavy atom. The number of hydrogen-bond donors (Lipinski definition) is 2. The van der Waals surface area contributed by atoms with Crippen LogP contribution < -0.4 is 5.32 Å². The second-order valence-electron chi connectivity index (χ2n) is 2.84. The molecule has 1 saturated heterocycles. The summed E-state index contributed by atoms with van der Waals surface area (Å²) in [6.45, 7) is 4.82. The van der Waals surface area contributed by atoms with E-state index in [4.69, 9.17) is 14.6 Å². The molecule has 1 heterocycles. The molecule has 72 valence electrons. The molecule has 1 fully saturated rings. The second kappa shape index (κ2) is 4.77. The fraction of sp³-hybridized carbons (Fsp3) is 1.00. The highest BCUT2D eigenvalue weighted by Crippen LogP contribution is 2.18. The molecule has 0 amide bonds. The van der Waals surface area contributed by atoms with Gasteiger partial charge in [0, 0.05) is 32.7 Å². The molecule has 12 heavy (non-hydrogen) atoms. The molecule has 2 N–H and O–H groups in total. The highest BCUT2D eigenvalue weighted by Gasteiger charge is 2.33. The van der Waals surface area contributed by atoms with Crippen molar-refractivity contribution in [3.8, 4) is 0 Å². The van der Waals surface area contributed by atoms with Gasteiger partial charge in [-0.1, -0.05) is 0 Å². The average molecular weight is 175 g/mol. The van der Waals surface area contributed by atoms with Crippen molar-refractivity contribution in [2.24, 2.45) is 0 Å². The van der Waals surface area contributed by atoms with Crippen LogP contribution in [0.15, 0.2) is 0 Å². The first-order valence-electron chi connectivity index (χ1n) is 4.42. The number of aliphatic hydroxyl groups is 1. The lowest BCUT2D eigenvalue weighted by Gasteiger charge is -2.36. The monoisotopic (exact) mass is 175 g/mol. The van der Waals surface area contributed by atoms with Gasteiger partial charge in [-0.05, 0) is 6.92 Å². The fourth-order valence-corrected chi connectivity index (χ4v) is 1.40. The lowest BCUT2D eigenvalue weighted by Crippen LogP contribution is -2.52. The van der Waals surface area contributed by atoms with Crippen LogP contribution in [0, 0.1) is 0 Å². The standard InChI is InChI=1S/C8H17NO3/c1-2-11-8(3-5-10)7-9-4-6-12-8/h9-10H,2-7H2,1H3. The molecule has 0 aromatic carbocycles. The van der Waals surface area contributed by atoms with Crippen molar-refractivity contribution in [1.29, 1.82) is 0 Å². The Balaban J connectivity index is 2.44. The van der Waals surface area contributed by atoms with E-state index in [1.165, 1.54) is 0 Å². The summed E-state index contributed by atoms with van der Waals surface area (Å²) < 4.78 is 11.0. The Morgan fingerprint density at radius 2 is 2.50 bits per heavy atom. The highest BCUT2D eigenvalue weighted by atomic mass is 16.7. The Hall–Kier alpha value is -0.160. The fourth-order valence-electron chi connectivity index (χ4n) is 1.40. The molecule has 0 saturated carbocycles. The summed E-state index contributed by atoms with van der Waals surface area (Å²) in [6, 6.07) is 0. The molecule has 1 aliphatic rings. The SMILES string of the molecule is CCOC1(CCO)CNCCO1. The smallest absolute Gasteiger partial charge is 0.182 e. The van der Waals surface area contributed by atoms with Gasteiger partial charge in [0.05, 0.1) is 6.61 Å². The number of nitrogens with one attached hydrogen (secondary N) is 1. The van der Waals surface area contributed by atoms with Gasteiger partial charge in [0.1, 0.15) is 0 Å². The molecule has 0 radical (unpaired) electrons. The van der Waals surface area contributed by atoms with E-state index in [0.717, 1.165) is 6.54 Å². The maximum absolute atomic E-state index is 8.82. The van der Waals surface area contributed by atoms with E-state index < -0.39 is 5.79 Å². The topological polar surface area (TPSA) is 50.7 Å². The van der Waals surface area contributed by atoms with Crippen LogP contribution in [0.4, 0.5) is 0 Å². The zero-order chi connectivity index (χ0) is 8.86. The van der Waals surface area contributed by atoms with Gasteiger partial charge in [0.15, 0.2) is 5.79 Å². The van der Waals surface area contributed by atoms with Gasteiger partial charge in [-0.25, -0.2) is 0 Å². The minimum absolute atomic E-state index is 0.0989. The van der Waals surface area contributed by atoms with E-state index in [2.05, 4.69) is 5.32 Å². The Kier molecular flexibility index (Phi) is 3.94. The van der Waals surface area contributed by atoms with Crippen LogP contribution >= 0.6 is 0 Å². The summed E-state index contributed by atoms with van der Waals surface area (Å²) >= 11 is 0. The van der Waals surface area contributed by atoms with Gasteiger partial charge in [0.2, 0.25) is 0 Å². The summed E-state index contributed by atoms with van der Waals surface area (Å²) in [6.07, 6.45) is 0.536. The van der Waals surface area contributed by atoms with Gasteiger partial charge in [0.25, 0.3) is 0 Å². The number of aliphatic hydroxyl groups excluding tert-OH is 1. The van der Waals surface area contributed by atoms with Crippen molar-refractivity contribution in [3.05, 3.63) is 0 Å². The first-order valence-corrected chi connectivity index (χ1v) is 4.42. The largest absolute Gasteiger partial charge is 0.396 e. The average Bonchev–Trinajstić information content (AvgIpc) is 2.07.